The second kappa shape index (κ2) is 7.61. The SMILES string of the molecule is COc1ccc(S(=O)(=O)NCc2ccc(N(C)C)cc2)c(Cl)c1Cl. The number of benzene rings is 2. The van der Waals surface area contributed by atoms with Gasteiger partial charge in [-0.2, -0.15) is 0 Å². The van der Waals surface area contributed by atoms with E-state index in [4.69, 9.17) is 27.9 Å². The van der Waals surface area contributed by atoms with E-state index in [2.05, 4.69) is 4.72 Å². The van der Waals surface area contributed by atoms with Crippen molar-refractivity contribution < 1.29 is 13.2 Å². The molecular weight excluding hydrogens is 371 g/mol. The number of nitrogens with one attached hydrogen (secondary N) is 1. The van der Waals surface area contributed by atoms with Crippen molar-refractivity contribution >= 4 is 38.9 Å². The molecule has 0 aromatic heterocycles. The van der Waals surface area contributed by atoms with E-state index < -0.39 is 10.0 Å². The minimum Gasteiger partial charge on any atom is -0.495 e. The third kappa shape index (κ3) is 4.13. The number of anilines is 1. The molecule has 0 bridgehead atoms. The molecule has 8 heteroatoms. The van der Waals surface area contributed by atoms with Crippen LogP contribution in [0.5, 0.6) is 5.75 Å². The first kappa shape index (κ1) is 18.9. The van der Waals surface area contributed by atoms with Crippen LogP contribution in [0.3, 0.4) is 0 Å². The zero-order chi connectivity index (χ0) is 17.9. The van der Waals surface area contributed by atoms with Crippen LogP contribution in [0.2, 0.25) is 10.0 Å². The molecule has 130 valence electrons. The lowest BCUT2D eigenvalue weighted by atomic mass is 10.2. The van der Waals surface area contributed by atoms with Crippen molar-refractivity contribution in [2.45, 2.75) is 11.4 Å². The zero-order valence-electron chi connectivity index (χ0n) is 13.5. The highest BCUT2D eigenvalue weighted by atomic mass is 35.5. The fourth-order valence-corrected chi connectivity index (χ4v) is 3.90. The summed E-state index contributed by atoms with van der Waals surface area (Å²) in [6.07, 6.45) is 0. The van der Waals surface area contributed by atoms with Crippen molar-refractivity contribution in [2.75, 3.05) is 26.1 Å². The summed E-state index contributed by atoms with van der Waals surface area (Å²) in [6, 6.07) is 10.4. The first-order valence-corrected chi connectivity index (χ1v) is 9.28. The molecule has 5 nitrogen and oxygen atoms in total. The lowest BCUT2D eigenvalue weighted by Crippen LogP contribution is -2.23. The lowest BCUT2D eigenvalue weighted by Gasteiger charge is -2.14. The van der Waals surface area contributed by atoms with E-state index in [-0.39, 0.29) is 21.5 Å². The molecule has 1 N–H and O–H groups in total. The Balaban J connectivity index is 2.18. The number of hydrogen-bond donors (Lipinski definition) is 1. The van der Waals surface area contributed by atoms with Gasteiger partial charge in [-0.05, 0) is 29.8 Å². The number of sulfonamides is 1. The molecular formula is C16H18Cl2N2O3S. The number of halogens is 2. The van der Waals surface area contributed by atoms with Gasteiger partial charge >= 0.3 is 0 Å². The minimum atomic E-state index is -3.80. The molecule has 0 saturated heterocycles. The molecule has 0 radical (unpaired) electrons. The second-order valence-corrected chi connectivity index (χ2v) is 7.77. The molecule has 0 aliphatic rings. The first-order chi connectivity index (χ1) is 11.3. The fourth-order valence-electron chi connectivity index (χ4n) is 2.05. The molecule has 0 spiro atoms. The van der Waals surface area contributed by atoms with Gasteiger partial charge in [0.2, 0.25) is 10.0 Å². The van der Waals surface area contributed by atoms with Gasteiger partial charge in [0.1, 0.15) is 15.7 Å². The Morgan fingerprint density at radius 1 is 1.04 bits per heavy atom. The summed E-state index contributed by atoms with van der Waals surface area (Å²) in [7, 11) is 1.51. The average molecular weight is 389 g/mol. The van der Waals surface area contributed by atoms with E-state index in [0.717, 1.165) is 11.3 Å². The molecule has 0 saturated carbocycles. The van der Waals surface area contributed by atoms with Gasteiger partial charge in [-0.25, -0.2) is 13.1 Å². The van der Waals surface area contributed by atoms with Crippen LogP contribution in [0, 0.1) is 0 Å². The monoisotopic (exact) mass is 388 g/mol. The van der Waals surface area contributed by atoms with Crippen molar-refractivity contribution in [3.63, 3.8) is 0 Å². The van der Waals surface area contributed by atoms with E-state index in [1.54, 1.807) is 0 Å². The third-order valence-electron chi connectivity index (χ3n) is 3.44. The normalized spacial score (nSPS) is 11.4. The highest BCUT2D eigenvalue weighted by Gasteiger charge is 2.21. The smallest absolute Gasteiger partial charge is 0.242 e. The maximum atomic E-state index is 12.5. The highest BCUT2D eigenvalue weighted by Crippen LogP contribution is 2.36. The molecule has 2 aromatic carbocycles. The Hall–Kier alpha value is -1.47. The van der Waals surface area contributed by atoms with Crippen molar-refractivity contribution in [2.24, 2.45) is 0 Å². The summed E-state index contributed by atoms with van der Waals surface area (Å²) < 4.78 is 32.4. The fraction of sp³-hybridized carbons (Fsp3) is 0.250. The Bertz CT molecular complexity index is 822. The van der Waals surface area contributed by atoms with E-state index in [1.807, 2.05) is 43.3 Å². The Morgan fingerprint density at radius 3 is 2.21 bits per heavy atom. The summed E-state index contributed by atoms with van der Waals surface area (Å²) in [5.41, 5.74) is 1.87. The Labute approximate surface area is 152 Å². The van der Waals surface area contributed by atoms with Crippen molar-refractivity contribution in [1.29, 1.82) is 0 Å². The lowest BCUT2D eigenvalue weighted by molar-refractivity contribution is 0.414. The van der Waals surface area contributed by atoms with Crippen LogP contribution in [-0.4, -0.2) is 29.6 Å². The van der Waals surface area contributed by atoms with Gasteiger partial charge in [-0.15, -0.1) is 0 Å². The third-order valence-corrected chi connectivity index (χ3v) is 5.86. The molecule has 2 rings (SSSR count). The molecule has 0 unspecified atom stereocenters. The predicted molar refractivity (Wildman–Crippen MR) is 97.8 cm³/mol. The van der Waals surface area contributed by atoms with Gasteiger partial charge in [-0.1, -0.05) is 35.3 Å². The molecule has 0 amide bonds. The van der Waals surface area contributed by atoms with Crippen molar-refractivity contribution in [3.8, 4) is 5.75 Å². The predicted octanol–water partition coefficient (Wildman–Crippen LogP) is 3.55. The van der Waals surface area contributed by atoms with Gasteiger partial charge < -0.3 is 9.64 Å². The van der Waals surface area contributed by atoms with Gasteiger partial charge in [0, 0.05) is 26.3 Å². The summed E-state index contributed by atoms with van der Waals surface area (Å²) in [5, 5.41) is 0.00356. The van der Waals surface area contributed by atoms with Gasteiger partial charge in [0.15, 0.2) is 0 Å². The van der Waals surface area contributed by atoms with Crippen molar-refractivity contribution in [1.82, 2.24) is 4.72 Å². The summed E-state index contributed by atoms with van der Waals surface area (Å²) in [5.74, 6) is 0.319. The van der Waals surface area contributed by atoms with Gasteiger partial charge in [0.25, 0.3) is 0 Å². The van der Waals surface area contributed by atoms with E-state index in [9.17, 15) is 8.42 Å². The van der Waals surface area contributed by atoms with E-state index in [1.165, 1.54) is 19.2 Å². The topological polar surface area (TPSA) is 58.6 Å². The number of methoxy groups -OCH3 is 1. The van der Waals surface area contributed by atoms with Crippen LogP contribution in [0.1, 0.15) is 5.56 Å². The largest absolute Gasteiger partial charge is 0.495 e. The molecule has 24 heavy (non-hydrogen) atoms. The second-order valence-electron chi connectivity index (χ2n) is 5.28. The minimum absolute atomic E-state index is 0.0635. The van der Waals surface area contributed by atoms with Crippen LogP contribution in [0.25, 0.3) is 0 Å². The molecule has 0 aliphatic heterocycles. The molecule has 0 fully saturated rings. The summed E-state index contributed by atoms with van der Waals surface area (Å²) in [4.78, 5) is 1.88. The molecule has 0 atom stereocenters. The van der Waals surface area contributed by atoms with Crippen LogP contribution in [0.4, 0.5) is 5.69 Å². The maximum Gasteiger partial charge on any atom is 0.242 e. The van der Waals surface area contributed by atoms with E-state index >= 15 is 0 Å². The quantitative estimate of drug-likeness (QED) is 0.821. The standard InChI is InChI=1S/C16H18Cl2N2O3S/c1-20(2)12-6-4-11(5-7-12)10-19-24(21,22)14-9-8-13(23-3)15(17)16(14)18/h4-9,19H,10H2,1-3H3. The summed E-state index contributed by atoms with van der Waals surface area (Å²) >= 11 is 12.1. The van der Waals surface area contributed by atoms with Crippen LogP contribution in [0.15, 0.2) is 41.3 Å². The van der Waals surface area contributed by atoms with Gasteiger partial charge in [0.05, 0.1) is 12.1 Å². The molecule has 0 aliphatic carbocycles. The average Bonchev–Trinajstić information content (AvgIpc) is 2.55. The summed E-state index contributed by atoms with van der Waals surface area (Å²) in [6.45, 7) is 0.149. The number of hydrogen-bond acceptors (Lipinski definition) is 4. The van der Waals surface area contributed by atoms with Gasteiger partial charge in [-0.3, -0.25) is 0 Å². The molecule has 0 heterocycles. The Kier molecular flexibility index (Phi) is 5.98. The zero-order valence-corrected chi connectivity index (χ0v) is 15.8. The Morgan fingerprint density at radius 2 is 1.67 bits per heavy atom. The van der Waals surface area contributed by atoms with Crippen LogP contribution >= 0.6 is 23.2 Å². The van der Waals surface area contributed by atoms with Crippen LogP contribution in [-0.2, 0) is 16.6 Å². The van der Waals surface area contributed by atoms with Crippen molar-refractivity contribution in [3.05, 3.63) is 52.0 Å². The maximum absolute atomic E-state index is 12.5. The number of rotatable bonds is 6. The van der Waals surface area contributed by atoms with Crippen LogP contribution < -0.4 is 14.4 Å². The molecule has 2 aromatic rings. The van der Waals surface area contributed by atoms with E-state index in [0.29, 0.717) is 5.75 Å². The highest BCUT2D eigenvalue weighted by molar-refractivity contribution is 7.89. The first-order valence-electron chi connectivity index (χ1n) is 7.04. The number of ether oxygens (including phenoxy) is 1. The number of nitrogens with zero attached hydrogens (tertiary/aromatic N) is 1.